The Balaban J connectivity index is 1.78. The Labute approximate surface area is 147 Å². The fourth-order valence-corrected chi connectivity index (χ4v) is 3.87. The van der Waals surface area contributed by atoms with Gasteiger partial charge in [-0.15, -0.1) is 0 Å². The van der Waals surface area contributed by atoms with Crippen LogP contribution in [0.1, 0.15) is 22.6 Å². The molecule has 0 bridgehead atoms. The minimum Gasteiger partial charge on any atom is -0.336 e. The number of para-hydroxylation sites is 1. The summed E-state index contributed by atoms with van der Waals surface area (Å²) in [6.45, 7) is 3.58. The van der Waals surface area contributed by atoms with E-state index in [0.29, 0.717) is 38.3 Å². The van der Waals surface area contributed by atoms with Gasteiger partial charge in [-0.25, -0.2) is 17.4 Å². The van der Waals surface area contributed by atoms with Crippen LogP contribution in [0.4, 0.5) is 0 Å². The zero-order chi connectivity index (χ0) is 18.0. The number of carbonyl (C=O) groups excluding carboxylic acids is 1. The molecule has 134 valence electrons. The number of benzene rings is 1. The molecule has 7 nitrogen and oxygen atoms in total. The molecule has 0 radical (unpaired) electrons. The first-order valence-electron chi connectivity index (χ1n) is 8.23. The summed E-state index contributed by atoms with van der Waals surface area (Å²) in [5, 5.41) is 4.45. The molecule has 1 fully saturated rings. The molecule has 0 aliphatic carbocycles. The summed E-state index contributed by atoms with van der Waals surface area (Å²) in [4.78, 5) is 14.5. The summed E-state index contributed by atoms with van der Waals surface area (Å²) >= 11 is 0. The molecule has 8 heteroatoms. The van der Waals surface area contributed by atoms with Crippen LogP contribution in [0.15, 0.2) is 36.4 Å². The zero-order valence-electron chi connectivity index (χ0n) is 14.4. The highest BCUT2D eigenvalue weighted by atomic mass is 32.2. The highest BCUT2D eigenvalue weighted by Gasteiger charge is 2.26. The Kier molecular flexibility index (Phi) is 4.91. The first-order valence-corrected chi connectivity index (χ1v) is 10.1. The minimum atomic E-state index is -3.23. The van der Waals surface area contributed by atoms with Crippen molar-refractivity contribution in [3.63, 3.8) is 0 Å². The fourth-order valence-electron chi connectivity index (χ4n) is 3.00. The molecule has 0 saturated carbocycles. The van der Waals surface area contributed by atoms with E-state index in [1.807, 2.05) is 37.3 Å². The van der Waals surface area contributed by atoms with Crippen molar-refractivity contribution in [3.8, 4) is 5.69 Å². The number of sulfonamides is 1. The second-order valence-electron chi connectivity index (χ2n) is 6.23. The van der Waals surface area contributed by atoms with Crippen LogP contribution in [0.3, 0.4) is 0 Å². The van der Waals surface area contributed by atoms with E-state index in [1.54, 1.807) is 15.6 Å². The quantitative estimate of drug-likeness (QED) is 0.824. The second kappa shape index (κ2) is 6.97. The normalized spacial score (nSPS) is 16.6. The van der Waals surface area contributed by atoms with Crippen molar-refractivity contribution >= 4 is 15.9 Å². The SMILES string of the molecule is Cc1cc(C(=O)N2CCCN(S(C)(=O)=O)CC2)nn1-c1ccccc1. The second-order valence-corrected chi connectivity index (χ2v) is 8.21. The van der Waals surface area contributed by atoms with Gasteiger partial charge in [0.15, 0.2) is 5.69 Å². The zero-order valence-corrected chi connectivity index (χ0v) is 15.2. The molecule has 1 amide bonds. The average molecular weight is 362 g/mol. The number of carbonyl (C=O) groups is 1. The van der Waals surface area contributed by atoms with Crippen LogP contribution in [0, 0.1) is 6.92 Å². The fraction of sp³-hybridized carbons (Fsp3) is 0.412. The van der Waals surface area contributed by atoms with Crippen molar-refractivity contribution in [2.24, 2.45) is 0 Å². The number of amides is 1. The molecule has 2 heterocycles. The van der Waals surface area contributed by atoms with Gasteiger partial charge in [-0.3, -0.25) is 4.79 Å². The summed E-state index contributed by atoms with van der Waals surface area (Å²) in [5.41, 5.74) is 2.16. The van der Waals surface area contributed by atoms with Crippen LogP contribution in [0.2, 0.25) is 0 Å². The van der Waals surface area contributed by atoms with Crippen LogP contribution >= 0.6 is 0 Å². The molecule has 25 heavy (non-hydrogen) atoms. The van der Waals surface area contributed by atoms with Crippen molar-refractivity contribution in [2.45, 2.75) is 13.3 Å². The van der Waals surface area contributed by atoms with E-state index in [1.165, 1.54) is 10.6 Å². The summed E-state index contributed by atoms with van der Waals surface area (Å²) in [7, 11) is -3.23. The number of nitrogens with zero attached hydrogens (tertiary/aromatic N) is 4. The largest absolute Gasteiger partial charge is 0.336 e. The number of rotatable bonds is 3. The molecule has 2 aromatic rings. The van der Waals surface area contributed by atoms with Crippen LogP contribution in [0.5, 0.6) is 0 Å². The van der Waals surface area contributed by atoms with E-state index < -0.39 is 10.0 Å². The molecule has 1 saturated heterocycles. The molecule has 0 N–H and O–H groups in total. The number of hydrogen-bond donors (Lipinski definition) is 0. The van der Waals surface area contributed by atoms with Crippen molar-refractivity contribution in [3.05, 3.63) is 47.8 Å². The van der Waals surface area contributed by atoms with E-state index in [2.05, 4.69) is 5.10 Å². The van der Waals surface area contributed by atoms with Crippen molar-refractivity contribution < 1.29 is 13.2 Å². The number of aromatic nitrogens is 2. The molecule has 3 rings (SSSR count). The maximum atomic E-state index is 12.8. The average Bonchev–Trinajstić information content (AvgIpc) is 2.80. The Morgan fingerprint density at radius 1 is 1.08 bits per heavy atom. The smallest absolute Gasteiger partial charge is 0.274 e. The van der Waals surface area contributed by atoms with Gasteiger partial charge in [0.2, 0.25) is 10.0 Å². The van der Waals surface area contributed by atoms with Gasteiger partial charge in [-0.05, 0) is 31.5 Å². The van der Waals surface area contributed by atoms with Gasteiger partial charge < -0.3 is 4.90 Å². The molecule has 0 atom stereocenters. The molecule has 1 aromatic carbocycles. The molecular formula is C17H22N4O3S. The lowest BCUT2D eigenvalue weighted by atomic mass is 10.3. The summed E-state index contributed by atoms with van der Waals surface area (Å²) in [6.07, 6.45) is 1.83. The first-order chi connectivity index (χ1) is 11.9. The minimum absolute atomic E-state index is 0.159. The van der Waals surface area contributed by atoms with Gasteiger partial charge in [-0.1, -0.05) is 18.2 Å². The Morgan fingerprint density at radius 3 is 2.48 bits per heavy atom. The predicted octanol–water partition coefficient (Wildman–Crippen LogP) is 1.29. The molecule has 1 aliphatic heterocycles. The number of hydrogen-bond acceptors (Lipinski definition) is 4. The van der Waals surface area contributed by atoms with Crippen LogP contribution in [0.25, 0.3) is 5.69 Å². The standard InChI is InChI=1S/C17H22N4O3S/c1-14-13-16(18-21(14)15-7-4-3-5-8-15)17(22)19-9-6-10-20(12-11-19)25(2,23)24/h3-5,7-8,13H,6,9-12H2,1-2H3. The van der Waals surface area contributed by atoms with Crippen molar-refractivity contribution in [2.75, 3.05) is 32.4 Å². The van der Waals surface area contributed by atoms with E-state index in [-0.39, 0.29) is 5.91 Å². The Bertz CT molecular complexity index is 861. The van der Waals surface area contributed by atoms with Crippen molar-refractivity contribution in [1.29, 1.82) is 0 Å². The van der Waals surface area contributed by atoms with E-state index in [0.717, 1.165) is 11.4 Å². The number of aryl methyl sites for hydroxylation is 1. The third-order valence-corrected chi connectivity index (χ3v) is 5.62. The van der Waals surface area contributed by atoms with Gasteiger partial charge in [0.25, 0.3) is 5.91 Å². The van der Waals surface area contributed by atoms with Crippen LogP contribution in [-0.2, 0) is 10.0 Å². The lowest BCUT2D eigenvalue weighted by Crippen LogP contribution is -2.37. The Morgan fingerprint density at radius 2 is 1.80 bits per heavy atom. The Hall–Kier alpha value is -2.19. The maximum absolute atomic E-state index is 12.8. The molecular weight excluding hydrogens is 340 g/mol. The summed E-state index contributed by atoms with van der Waals surface area (Å²) in [5.74, 6) is -0.159. The third-order valence-electron chi connectivity index (χ3n) is 4.32. The van der Waals surface area contributed by atoms with Crippen LogP contribution < -0.4 is 0 Å². The van der Waals surface area contributed by atoms with E-state index in [9.17, 15) is 13.2 Å². The topological polar surface area (TPSA) is 75.5 Å². The maximum Gasteiger partial charge on any atom is 0.274 e. The van der Waals surface area contributed by atoms with E-state index >= 15 is 0 Å². The van der Waals surface area contributed by atoms with Gasteiger partial charge >= 0.3 is 0 Å². The van der Waals surface area contributed by atoms with Gasteiger partial charge in [0, 0.05) is 31.9 Å². The molecule has 1 aliphatic rings. The highest BCUT2D eigenvalue weighted by Crippen LogP contribution is 2.15. The van der Waals surface area contributed by atoms with Gasteiger partial charge in [0.1, 0.15) is 0 Å². The lowest BCUT2D eigenvalue weighted by molar-refractivity contribution is 0.0758. The molecule has 1 aromatic heterocycles. The lowest BCUT2D eigenvalue weighted by Gasteiger charge is -2.20. The highest BCUT2D eigenvalue weighted by molar-refractivity contribution is 7.88. The summed E-state index contributed by atoms with van der Waals surface area (Å²) < 4.78 is 26.6. The first kappa shape index (κ1) is 17.6. The monoisotopic (exact) mass is 362 g/mol. The van der Waals surface area contributed by atoms with E-state index in [4.69, 9.17) is 0 Å². The van der Waals surface area contributed by atoms with Gasteiger partial charge in [-0.2, -0.15) is 5.10 Å². The van der Waals surface area contributed by atoms with Gasteiger partial charge in [0.05, 0.1) is 11.9 Å². The van der Waals surface area contributed by atoms with Crippen molar-refractivity contribution in [1.82, 2.24) is 19.0 Å². The summed E-state index contributed by atoms with van der Waals surface area (Å²) in [6, 6.07) is 11.4. The van der Waals surface area contributed by atoms with Crippen LogP contribution in [-0.4, -0.2) is 65.7 Å². The molecule has 0 spiro atoms. The third kappa shape index (κ3) is 3.91. The molecule has 0 unspecified atom stereocenters. The predicted molar refractivity (Wildman–Crippen MR) is 95.2 cm³/mol.